The molecule has 0 saturated carbocycles. The van der Waals surface area contributed by atoms with E-state index in [1.54, 1.807) is 0 Å². The average Bonchev–Trinajstić information content (AvgIpc) is 2.78. The number of aromatic nitrogens is 2. The molecule has 84 valence electrons. The molecule has 3 rings (SSSR count). The van der Waals surface area contributed by atoms with Crippen LogP contribution in [0.15, 0.2) is 24.5 Å². The van der Waals surface area contributed by atoms with Crippen LogP contribution in [0.4, 0.5) is 5.69 Å². The summed E-state index contributed by atoms with van der Waals surface area (Å²) in [6, 6.07) is 4.46. The minimum absolute atomic E-state index is 0.372. The van der Waals surface area contributed by atoms with Gasteiger partial charge in [0, 0.05) is 31.5 Å². The minimum Gasteiger partial charge on any atom is -0.370 e. The summed E-state index contributed by atoms with van der Waals surface area (Å²) in [6.07, 6.45) is 5.96. The molecule has 3 heterocycles. The molecular formula is C12H16N4. The van der Waals surface area contributed by atoms with Gasteiger partial charge in [-0.05, 0) is 25.0 Å². The number of hydrogen-bond acceptors (Lipinski definition) is 3. The van der Waals surface area contributed by atoms with Crippen molar-refractivity contribution in [3.63, 3.8) is 0 Å². The molecule has 0 aromatic carbocycles. The Hall–Kier alpha value is -1.55. The van der Waals surface area contributed by atoms with Crippen LogP contribution in [0.2, 0.25) is 0 Å². The summed E-state index contributed by atoms with van der Waals surface area (Å²) in [7, 11) is 0. The number of nitrogens with two attached hydrogens (primary N) is 1. The fraction of sp³-hybridized carbons (Fsp3) is 0.417. The van der Waals surface area contributed by atoms with E-state index in [-0.39, 0.29) is 0 Å². The number of H-pyrrole nitrogens is 1. The van der Waals surface area contributed by atoms with Crippen LogP contribution in [0.25, 0.3) is 11.0 Å². The van der Waals surface area contributed by atoms with Crippen LogP contribution in [0.1, 0.15) is 12.8 Å². The first-order valence-corrected chi connectivity index (χ1v) is 5.77. The number of nitrogens with zero attached hydrogens (tertiary/aromatic N) is 2. The molecule has 0 amide bonds. The summed E-state index contributed by atoms with van der Waals surface area (Å²) in [4.78, 5) is 9.98. The quantitative estimate of drug-likeness (QED) is 0.759. The zero-order chi connectivity index (χ0) is 11.0. The zero-order valence-corrected chi connectivity index (χ0v) is 9.19. The van der Waals surface area contributed by atoms with E-state index in [0.29, 0.717) is 6.04 Å². The van der Waals surface area contributed by atoms with Crippen LogP contribution in [-0.2, 0) is 0 Å². The van der Waals surface area contributed by atoms with E-state index >= 15 is 0 Å². The van der Waals surface area contributed by atoms with Gasteiger partial charge in [0.05, 0.1) is 16.7 Å². The third kappa shape index (κ3) is 1.55. The molecule has 1 aliphatic rings. The Balaban J connectivity index is 1.96. The number of fused-ring (bicyclic) bond motifs is 1. The van der Waals surface area contributed by atoms with Crippen molar-refractivity contribution in [3.05, 3.63) is 24.5 Å². The lowest BCUT2D eigenvalue weighted by Gasteiger charge is -2.32. The van der Waals surface area contributed by atoms with Crippen molar-refractivity contribution >= 4 is 16.7 Å². The molecule has 2 aromatic heterocycles. The molecule has 0 bridgehead atoms. The van der Waals surface area contributed by atoms with Gasteiger partial charge in [-0.2, -0.15) is 0 Å². The molecular weight excluding hydrogens is 200 g/mol. The van der Waals surface area contributed by atoms with Gasteiger partial charge < -0.3 is 15.6 Å². The highest BCUT2D eigenvalue weighted by Gasteiger charge is 2.18. The second-order valence-corrected chi connectivity index (χ2v) is 4.39. The van der Waals surface area contributed by atoms with Crippen molar-refractivity contribution in [3.8, 4) is 0 Å². The van der Waals surface area contributed by atoms with E-state index in [9.17, 15) is 0 Å². The number of piperidine rings is 1. The predicted molar refractivity (Wildman–Crippen MR) is 65.5 cm³/mol. The Kier molecular flexibility index (Phi) is 2.29. The van der Waals surface area contributed by atoms with Gasteiger partial charge in [0.1, 0.15) is 0 Å². The maximum atomic E-state index is 5.92. The number of nitrogens with one attached hydrogen (secondary N) is 1. The lowest BCUT2D eigenvalue weighted by atomic mass is 10.1. The van der Waals surface area contributed by atoms with Crippen molar-refractivity contribution in [2.75, 3.05) is 18.0 Å². The summed E-state index contributed by atoms with van der Waals surface area (Å²) in [5.74, 6) is 0. The fourth-order valence-corrected chi connectivity index (χ4v) is 2.35. The Labute approximate surface area is 94.5 Å². The van der Waals surface area contributed by atoms with Gasteiger partial charge in [-0.3, -0.25) is 4.98 Å². The van der Waals surface area contributed by atoms with Crippen molar-refractivity contribution in [2.24, 2.45) is 5.73 Å². The smallest absolute Gasteiger partial charge is 0.0900 e. The molecule has 0 aliphatic carbocycles. The lowest BCUT2D eigenvalue weighted by Crippen LogP contribution is -2.39. The van der Waals surface area contributed by atoms with Gasteiger partial charge >= 0.3 is 0 Å². The highest BCUT2D eigenvalue weighted by atomic mass is 15.1. The van der Waals surface area contributed by atoms with Crippen molar-refractivity contribution in [1.29, 1.82) is 0 Å². The van der Waals surface area contributed by atoms with E-state index in [4.69, 9.17) is 5.73 Å². The molecule has 1 fully saturated rings. The number of pyridine rings is 1. The Bertz CT molecular complexity index is 482. The van der Waals surface area contributed by atoms with Crippen LogP contribution >= 0.6 is 0 Å². The first-order chi connectivity index (χ1) is 7.84. The van der Waals surface area contributed by atoms with Crippen molar-refractivity contribution in [2.45, 2.75) is 18.9 Å². The topological polar surface area (TPSA) is 57.9 Å². The summed E-state index contributed by atoms with van der Waals surface area (Å²) in [5.41, 5.74) is 9.34. The van der Waals surface area contributed by atoms with Crippen LogP contribution < -0.4 is 10.6 Å². The van der Waals surface area contributed by atoms with Crippen LogP contribution in [-0.4, -0.2) is 29.1 Å². The molecule has 0 atom stereocenters. The number of anilines is 1. The maximum absolute atomic E-state index is 5.92. The van der Waals surface area contributed by atoms with Crippen LogP contribution in [0.5, 0.6) is 0 Å². The largest absolute Gasteiger partial charge is 0.370 e. The molecule has 1 aliphatic heterocycles. The summed E-state index contributed by atoms with van der Waals surface area (Å²) >= 11 is 0. The first-order valence-electron chi connectivity index (χ1n) is 5.77. The average molecular weight is 216 g/mol. The molecule has 0 unspecified atom stereocenters. The van der Waals surface area contributed by atoms with Crippen LogP contribution in [0, 0.1) is 0 Å². The lowest BCUT2D eigenvalue weighted by molar-refractivity contribution is 0.502. The van der Waals surface area contributed by atoms with Crippen molar-refractivity contribution < 1.29 is 0 Å². The van der Waals surface area contributed by atoms with E-state index in [0.717, 1.165) is 37.0 Å². The van der Waals surface area contributed by atoms with Gasteiger partial charge in [-0.25, -0.2) is 0 Å². The Morgan fingerprint density at radius 3 is 2.94 bits per heavy atom. The normalized spacial score (nSPS) is 18.2. The molecule has 0 spiro atoms. The summed E-state index contributed by atoms with van der Waals surface area (Å²) in [5, 5.41) is 0. The number of aromatic amines is 1. The zero-order valence-electron chi connectivity index (χ0n) is 9.19. The highest BCUT2D eigenvalue weighted by Crippen LogP contribution is 2.26. The van der Waals surface area contributed by atoms with E-state index < -0.39 is 0 Å². The van der Waals surface area contributed by atoms with Gasteiger partial charge in [0.15, 0.2) is 0 Å². The van der Waals surface area contributed by atoms with E-state index in [1.165, 1.54) is 5.69 Å². The third-order valence-electron chi connectivity index (χ3n) is 3.31. The van der Waals surface area contributed by atoms with Gasteiger partial charge in [-0.1, -0.05) is 0 Å². The van der Waals surface area contributed by atoms with E-state index in [1.807, 2.05) is 18.5 Å². The molecule has 3 N–H and O–H groups in total. The first kappa shape index (κ1) is 9.66. The molecule has 1 saturated heterocycles. The fourth-order valence-electron chi connectivity index (χ4n) is 2.35. The van der Waals surface area contributed by atoms with Crippen molar-refractivity contribution in [1.82, 2.24) is 9.97 Å². The highest BCUT2D eigenvalue weighted by molar-refractivity contribution is 5.88. The Morgan fingerprint density at radius 1 is 1.31 bits per heavy atom. The molecule has 2 aromatic rings. The number of rotatable bonds is 1. The third-order valence-corrected chi connectivity index (χ3v) is 3.31. The minimum atomic E-state index is 0.372. The summed E-state index contributed by atoms with van der Waals surface area (Å²) < 4.78 is 0. The Morgan fingerprint density at radius 2 is 2.12 bits per heavy atom. The second kappa shape index (κ2) is 3.79. The number of hydrogen-bond donors (Lipinski definition) is 2. The second-order valence-electron chi connectivity index (χ2n) is 4.39. The van der Waals surface area contributed by atoms with Gasteiger partial charge in [0.25, 0.3) is 0 Å². The molecule has 4 heteroatoms. The maximum Gasteiger partial charge on any atom is 0.0900 e. The van der Waals surface area contributed by atoms with E-state index in [2.05, 4.69) is 20.9 Å². The molecule has 0 radical (unpaired) electrons. The predicted octanol–water partition coefficient (Wildman–Crippen LogP) is 1.49. The molecule has 4 nitrogen and oxygen atoms in total. The van der Waals surface area contributed by atoms with Gasteiger partial charge in [-0.15, -0.1) is 0 Å². The molecule has 16 heavy (non-hydrogen) atoms. The summed E-state index contributed by atoms with van der Waals surface area (Å²) in [6.45, 7) is 2.08. The monoisotopic (exact) mass is 216 g/mol. The van der Waals surface area contributed by atoms with Crippen LogP contribution in [0.3, 0.4) is 0 Å². The SMILES string of the molecule is NC1CCN(c2ccnc3cc[nH]c23)CC1. The van der Waals surface area contributed by atoms with Gasteiger partial charge in [0.2, 0.25) is 0 Å². The standard InChI is InChI=1S/C12H16N4/c13-9-3-7-16(8-4-9)11-2-6-14-10-1-5-15-12(10)11/h1-2,5-6,9,15H,3-4,7-8,13H2.